The molecule has 1 atom stereocenters. The van der Waals surface area contributed by atoms with Crippen LogP contribution < -0.4 is 15.5 Å². The third-order valence-corrected chi connectivity index (χ3v) is 5.00. The van der Waals surface area contributed by atoms with E-state index < -0.39 is 0 Å². The highest BCUT2D eigenvalue weighted by Gasteiger charge is 2.21. The van der Waals surface area contributed by atoms with E-state index in [4.69, 9.17) is 4.99 Å². The number of nitrogens with zero attached hydrogens (tertiary/aromatic N) is 3. The lowest BCUT2D eigenvalue weighted by Crippen LogP contribution is -2.49. The van der Waals surface area contributed by atoms with Crippen molar-refractivity contribution in [3.8, 4) is 0 Å². The van der Waals surface area contributed by atoms with E-state index in [0.717, 1.165) is 63.6 Å². The van der Waals surface area contributed by atoms with Gasteiger partial charge in [-0.2, -0.15) is 0 Å². The molecular formula is C21H38IN5O. The molecule has 0 spiro atoms. The third-order valence-electron chi connectivity index (χ3n) is 5.00. The first-order valence-electron chi connectivity index (χ1n) is 10.4. The first kappa shape index (κ1) is 24.9. The minimum atomic E-state index is 0. The summed E-state index contributed by atoms with van der Waals surface area (Å²) < 4.78 is 0. The van der Waals surface area contributed by atoms with E-state index in [1.165, 1.54) is 0 Å². The number of nitrogens with one attached hydrogen (secondary N) is 2. The van der Waals surface area contributed by atoms with E-state index >= 15 is 0 Å². The van der Waals surface area contributed by atoms with Crippen LogP contribution in [0, 0.1) is 11.8 Å². The highest BCUT2D eigenvalue weighted by atomic mass is 127. The van der Waals surface area contributed by atoms with Gasteiger partial charge in [0.25, 0.3) is 0 Å². The van der Waals surface area contributed by atoms with Crippen molar-refractivity contribution in [2.45, 2.75) is 52.5 Å². The van der Waals surface area contributed by atoms with Crippen molar-refractivity contribution in [3.63, 3.8) is 0 Å². The van der Waals surface area contributed by atoms with Gasteiger partial charge in [-0.1, -0.05) is 19.9 Å². The van der Waals surface area contributed by atoms with Crippen LogP contribution in [0.1, 0.15) is 46.5 Å². The summed E-state index contributed by atoms with van der Waals surface area (Å²) in [7, 11) is 0. The lowest BCUT2D eigenvalue weighted by atomic mass is 9.94. The first-order chi connectivity index (χ1) is 13.1. The molecule has 160 valence electrons. The number of anilines is 1. The molecule has 0 amide bonds. The van der Waals surface area contributed by atoms with Gasteiger partial charge in [-0.05, 0) is 56.6 Å². The van der Waals surface area contributed by atoms with Gasteiger partial charge in [0.15, 0.2) is 5.96 Å². The molecule has 1 aliphatic rings. The van der Waals surface area contributed by atoms with Crippen molar-refractivity contribution >= 4 is 35.8 Å². The molecule has 2 heterocycles. The molecule has 2 rings (SSSR count). The Morgan fingerprint density at radius 1 is 1.32 bits per heavy atom. The second kappa shape index (κ2) is 14.0. The topological polar surface area (TPSA) is 72.8 Å². The van der Waals surface area contributed by atoms with Gasteiger partial charge in [0.2, 0.25) is 0 Å². The van der Waals surface area contributed by atoms with Crippen LogP contribution in [-0.2, 0) is 0 Å². The molecule has 1 saturated heterocycles. The Labute approximate surface area is 187 Å². The van der Waals surface area contributed by atoms with Gasteiger partial charge in [0.1, 0.15) is 5.82 Å². The zero-order valence-electron chi connectivity index (χ0n) is 17.6. The van der Waals surface area contributed by atoms with E-state index in [1.54, 1.807) is 0 Å². The second-order valence-corrected chi connectivity index (χ2v) is 7.82. The Kier molecular flexibility index (Phi) is 12.5. The predicted molar refractivity (Wildman–Crippen MR) is 129 cm³/mol. The quantitative estimate of drug-likeness (QED) is 0.274. The average Bonchev–Trinajstić information content (AvgIpc) is 2.67. The van der Waals surface area contributed by atoms with Gasteiger partial charge < -0.3 is 20.6 Å². The van der Waals surface area contributed by atoms with Crippen molar-refractivity contribution in [3.05, 3.63) is 24.4 Å². The fourth-order valence-corrected chi connectivity index (χ4v) is 3.66. The summed E-state index contributed by atoms with van der Waals surface area (Å²) in [4.78, 5) is 11.6. The number of aliphatic hydroxyl groups excluding tert-OH is 1. The summed E-state index contributed by atoms with van der Waals surface area (Å²) in [5.41, 5.74) is 0. The number of aliphatic hydroxyl groups is 1. The van der Waals surface area contributed by atoms with E-state index in [2.05, 4.69) is 47.4 Å². The molecule has 1 unspecified atom stereocenters. The Morgan fingerprint density at radius 3 is 2.64 bits per heavy atom. The van der Waals surface area contributed by atoms with Crippen LogP contribution >= 0.6 is 24.0 Å². The molecule has 6 nitrogen and oxygen atoms in total. The molecule has 28 heavy (non-hydrogen) atoms. The van der Waals surface area contributed by atoms with Crippen molar-refractivity contribution < 1.29 is 5.11 Å². The van der Waals surface area contributed by atoms with Gasteiger partial charge >= 0.3 is 0 Å². The summed E-state index contributed by atoms with van der Waals surface area (Å²) in [5, 5.41) is 16.3. The highest BCUT2D eigenvalue weighted by Crippen LogP contribution is 2.18. The monoisotopic (exact) mass is 503 g/mol. The molecule has 1 aromatic rings. The van der Waals surface area contributed by atoms with E-state index in [-0.39, 0.29) is 30.6 Å². The van der Waals surface area contributed by atoms with Gasteiger partial charge in [-0.25, -0.2) is 4.98 Å². The summed E-state index contributed by atoms with van der Waals surface area (Å²) in [6.45, 7) is 10.4. The first-order valence-corrected chi connectivity index (χ1v) is 10.4. The van der Waals surface area contributed by atoms with Crippen LogP contribution in [0.4, 0.5) is 5.82 Å². The molecule has 7 heteroatoms. The molecule has 1 fully saturated rings. The van der Waals surface area contributed by atoms with Crippen LogP contribution in [0.5, 0.6) is 0 Å². The van der Waals surface area contributed by atoms with Crippen molar-refractivity contribution in [2.75, 3.05) is 37.7 Å². The minimum Gasteiger partial charge on any atom is -0.396 e. The average molecular weight is 503 g/mol. The number of halogens is 1. The number of pyridine rings is 1. The third kappa shape index (κ3) is 8.94. The zero-order chi connectivity index (χ0) is 19.5. The Balaban J connectivity index is 0.00000392. The van der Waals surface area contributed by atoms with Crippen molar-refractivity contribution in [2.24, 2.45) is 16.8 Å². The van der Waals surface area contributed by atoms with Crippen LogP contribution in [0.15, 0.2) is 29.4 Å². The molecule has 3 N–H and O–H groups in total. The zero-order valence-corrected chi connectivity index (χ0v) is 19.9. The van der Waals surface area contributed by atoms with Gasteiger partial charge in [0.05, 0.1) is 0 Å². The van der Waals surface area contributed by atoms with Crippen LogP contribution in [0.25, 0.3) is 0 Å². The summed E-state index contributed by atoms with van der Waals surface area (Å²) in [6.07, 6.45) is 5.94. The Hall–Kier alpha value is -1.09. The predicted octanol–water partition coefficient (Wildman–Crippen LogP) is 3.27. The number of hydrogen-bond donors (Lipinski definition) is 3. The van der Waals surface area contributed by atoms with Crippen LogP contribution in [0.3, 0.4) is 0 Å². The van der Waals surface area contributed by atoms with Gasteiger partial charge in [-0.15, -0.1) is 24.0 Å². The number of rotatable bonds is 9. The summed E-state index contributed by atoms with van der Waals surface area (Å²) >= 11 is 0. The Morgan fingerprint density at radius 2 is 2.07 bits per heavy atom. The van der Waals surface area contributed by atoms with Crippen LogP contribution in [0.2, 0.25) is 0 Å². The van der Waals surface area contributed by atoms with Crippen molar-refractivity contribution in [1.29, 1.82) is 0 Å². The number of piperidine rings is 1. The molecule has 0 bridgehead atoms. The maximum absolute atomic E-state index is 9.31. The number of hydrogen-bond acceptors (Lipinski definition) is 4. The van der Waals surface area contributed by atoms with Gasteiger partial charge in [-0.3, -0.25) is 4.99 Å². The fourth-order valence-electron chi connectivity index (χ4n) is 3.66. The number of aliphatic imine (C=N–C) groups is 1. The normalized spacial score (nSPS) is 16.6. The molecule has 1 aliphatic heterocycles. The molecule has 0 aromatic carbocycles. The SMILES string of the molecule is CCNC(=NCC(CCO)CC(C)C)NC1CCN(c2ccccn2)CC1.I. The molecular weight excluding hydrogens is 465 g/mol. The lowest BCUT2D eigenvalue weighted by molar-refractivity contribution is 0.245. The Bertz CT molecular complexity index is 547. The second-order valence-electron chi connectivity index (χ2n) is 7.82. The van der Waals surface area contributed by atoms with E-state index in [1.807, 2.05) is 18.3 Å². The standard InChI is InChI=1S/C21H37N5O.HI/c1-4-22-21(24-16-18(10-14-27)15-17(2)3)25-19-8-12-26(13-9-19)20-7-5-6-11-23-20;/h5-7,11,17-19,27H,4,8-10,12-16H2,1-3H3,(H2,22,24,25);1H. The molecule has 1 aromatic heterocycles. The molecule has 0 radical (unpaired) electrons. The summed E-state index contributed by atoms with van der Waals surface area (Å²) in [6, 6.07) is 6.52. The molecule has 0 aliphatic carbocycles. The smallest absolute Gasteiger partial charge is 0.191 e. The maximum atomic E-state index is 9.31. The maximum Gasteiger partial charge on any atom is 0.191 e. The van der Waals surface area contributed by atoms with Crippen molar-refractivity contribution in [1.82, 2.24) is 15.6 Å². The number of aromatic nitrogens is 1. The number of guanidine groups is 1. The molecule has 0 saturated carbocycles. The lowest BCUT2D eigenvalue weighted by Gasteiger charge is -2.33. The van der Waals surface area contributed by atoms with Gasteiger partial charge in [0, 0.05) is 45.0 Å². The highest BCUT2D eigenvalue weighted by molar-refractivity contribution is 14.0. The van der Waals surface area contributed by atoms with E-state index in [0.29, 0.717) is 17.9 Å². The minimum absolute atomic E-state index is 0. The fraction of sp³-hybridized carbons (Fsp3) is 0.714. The summed E-state index contributed by atoms with van der Waals surface area (Å²) in [5.74, 6) is 3.04. The largest absolute Gasteiger partial charge is 0.396 e. The van der Waals surface area contributed by atoms with Crippen LogP contribution in [-0.4, -0.2) is 54.9 Å². The van der Waals surface area contributed by atoms with E-state index in [9.17, 15) is 5.11 Å².